The maximum absolute atomic E-state index is 6.30. The molecule has 1 saturated carbocycles. The summed E-state index contributed by atoms with van der Waals surface area (Å²) in [6.45, 7) is 3.42. The number of fused-ring (bicyclic) bond motifs is 1. The van der Waals surface area contributed by atoms with Gasteiger partial charge in [-0.05, 0) is 44.7 Å². The first-order valence-corrected chi connectivity index (χ1v) is 9.05. The third-order valence-corrected chi connectivity index (χ3v) is 5.42. The van der Waals surface area contributed by atoms with Crippen molar-refractivity contribution in [3.05, 3.63) is 29.8 Å². The molecule has 23 heavy (non-hydrogen) atoms. The van der Waals surface area contributed by atoms with Crippen molar-refractivity contribution >= 4 is 0 Å². The van der Waals surface area contributed by atoms with E-state index in [0.717, 1.165) is 51.4 Å². The molecule has 0 bridgehead atoms. The molecular weight excluding hydrogens is 290 g/mol. The molecule has 1 aliphatic carbocycles. The van der Waals surface area contributed by atoms with Gasteiger partial charge in [-0.3, -0.25) is 0 Å². The molecule has 1 aromatic carbocycles. The fourth-order valence-corrected chi connectivity index (χ4v) is 3.92. The largest absolute Gasteiger partial charge is 0.487 e. The molecule has 2 unspecified atom stereocenters. The predicted molar refractivity (Wildman–Crippen MR) is 88.8 cm³/mol. The van der Waals surface area contributed by atoms with E-state index in [1.165, 1.54) is 24.8 Å². The first-order chi connectivity index (χ1) is 11.3. The highest BCUT2D eigenvalue weighted by atomic mass is 16.5. The van der Waals surface area contributed by atoms with Crippen LogP contribution in [-0.2, 0) is 9.47 Å². The van der Waals surface area contributed by atoms with E-state index in [1.807, 2.05) is 0 Å². The third-order valence-electron chi connectivity index (χ3n) is 5.42. The normalized spacial score (nSPS) is 28.2. The van der Waals surface area contributed by atoms with Gasteiger partial charge < -0.3 is 19.5 Å². The van der Waals surface area contributed by atoms with Crippen molar-refractivity contribution in [2.75, 3.05) is 26.4 Å². The van der Waals surface area contributed by atoms with Gasteiger partial charge in [-0.1, -0.05) is 18.2 Å². The second-order valence-electron chi connectivity index (χ2n) is 7.10. The Morgan fingerprint density at radius 2 is 2.17 bits per heavy atom. The van der Waals surface area contributed by atoms with Crippen LogP contribution in [0.3, 0.4) is 0 Å². The van der Waals surface area contributed by atoms with Crippen LogP contribution < -0.4 is 10.1 Å². The molecule has 3 aliphatic rings. The quantitative estimate of drug-likeness (QED) is 0.818. The fourth-order valence-electron chi connectivity index (χ4n) is 3.92. The summed E-state index contributed by atoms with van der Waals surface area (Å²) in [5, 5.41) is 3.74. The van der Waals surface area contributed by atoms with Crippen molar-refractivity contribution in [3.63, 3.8) is 0 Å². The summed E-state index contributed by atoms with van der Waals surface area (Å²) in [6, 6.07) is 8.91. The minimum Gasteiger partial charge on any atom is -0.487 e. The molecule has 1 N–H and O–H groups in total. The SMILES string of the molecule is c1ccc2c(c1)OC1(CCC1)CC2NCCCOC1CCOC1. The van der Waals surface area contributed by atoms with Gasteiger partial charge in [0.1, 0.15) is 11.4 Å². The molecule has 126 valence electrons. The van der Waals surface area contributed by atoms with Gasteiger partial charge in [-0.2, -0.15) is 0 Å². The van der Waals surface area contributed by atoms with Crippen molar-refractivity contribution in [2.45, 2.75) is 56.3 Å². The molecule has 2 atom stereocenters. The molecule has 4 nitrogen and oxygen atoms in total. The Morgan fingerprint density at radius 1 is 1.26 bits per heavy atom. The number of nitrogens with one attached hydrogen (secondary N) is 1. The fraction of sp³-hybridized carbons (Fsp3) is 0.684. The molecule has 2 heterocycles. The number of benzene rings is 1. The van der Waals surface area contributed by atoms with Crippen molar-refractivity contribution in [1.29, 1.82) is 0 Å². The van der Waals surface area contributed by atoms with Crippen LogP contribution in [0.25, 0.3) is 0 Å². The van der Waals surface area contributed by atoms with Crippen LogP contribution in [-0.4, -0.2) is 38.1 Å². The lowest BCUT2D eigenvalue weighted by molar-refractivity contribution is -0.0371. The first kappa shape index (κ1) is 15.4. The summed E-state index contributed by atoms with van der Waals surface area (Å²) in [5.41, 5.74) is 1.42. The van der Waals surface area contributed by atoms with Gasteiger partial charge in [-0.15, -0.1) is 0 Å². The average Bonchev–Trinajstić information content (AvgIpc) is 3.06. The van der Waals surface area contributed by atoms with Gasteiger partial charge in [0.25, 0.3) is 0 Å². The van der Waals surface area contributed by atoms with E-state index in [9.17, 15) is 0 Å². The molecule has 2 fully saturated rings. The highest BCUT2D eigenvalue weighted by Crippen LogP contribution is 2.48. The first-order valence-electron chi connectivity index (χ1n) is 9.05. The second kappa shape index (κ2) is 6.80. The van der Waals surface area contributed by atoms with Crippen LogP contribution >= 0.6 is 0 Å². The van der Waals surface area contributed by atoms with Gasteiger partial charge >= 0.3 is 0 Å². The zero-order chi connectivity index (χ0) is 15.5. The molecule has 1 aromatic rings. The van der Waals surface area contributed by atoms with Gasteiger partial charge in [-0.25, -0.2) is 0 Å². The number of para-hydroxylation sites is 1. The number of ether oxygens (including phenoxy) is 3. The van der Waals surface area contributed by atoms with Gasteiger partial charge in [0.05, 0.1) is 12.7 Å². The summed E-state index contributed by atoms with van der Waals surface area (Å²) >= 11 is 0. The Morgan fingerprint density at radius 3 is 2.96 bits per heavy atom. The van der Waals surface area contributed by atoms with E-state index >= 15 is 0 Å². The molecule has 4 rings (SSSR count). The van der Waals surface area contributed by atoms with Crippen LogP contribution in [0.5, 0.6) is 5.75 Å². The number of hydrogen-bond acceptors (Lipinski definition) is 4. The second-order valence-corrected chi connectivity index (χ2v) is 7.10. The van der Waals surface area contributed by atoms with Crippen molar-refractivity contribution in [2.24, 2.45) is 0 Å². The van der Waals surface area contributed by atoms with E-state index in [1.54, 1.807) is 0 Å². The molecule has 0 amide bonds. The van der Waals surface area contributed by atoms with Gasteiger partial charge in [0.2, 0.25) is 0 Å². The Hall–Kier alpha value is -1.10. The predicted octanol–water partition coefficient (Wildman–Crippen LogP) is 3.22. The average molecular weight is 317 g/mol. The Bertz CT molecular complexity index is 523. The Labute approximate surface area is 138 Å². The number of hydrogen-bond donors (Lipinski definition) is 1. The molecule has 1 saturated heterocycles. The van der Waals surface area contributed by atoms with E-state index in [4.69, 9.17) is 14.2 Å². The summed E-state index contributed by atoms with van der Waals surface area (Å²) < 4.78 is 17.5. The molecule has 0 aromatic heterocycles. The summed E-state index contributed by atoms with van der Waals surface area (Å²) in [4.78, 5) is 0. The molecule has 2 aliphatic heterocycles. The summed E-state index contributed by atoms with van der Waals surface area (Å²) in [7, 11) is 0. The summed E-state index contributed by atoms with van der Waals surface area (Å²) in [5.74, 6) is 1.08. The smallest absolute Gasteiger partial charge is 0.124 e. The van der Waals surface area contributed by atoms with Crippen LogP contribution in [0.4, 0.5) is 0 Å². The summed E-state index contributed by atoms with van der Waals surface area (Å²) in [6.07, 6.45) is 7.20. The molecular formula is C19H27NO3. The van der Waals surface area contributed by atoms with Gasteiger partial charge in [0.15, 0.2) is 0 Å². The Balaban J connectivity index is 1.29. The molecule has 1 spiro atoms. The number of rotatable bonds is 6. The lowest BCUT2D eigenvalue weighted by atomic mass is 9.73. The van der Waals surface area contributed by atoms with Gasteiger partial charge in [0, 0.05) is 31.2 Å². The lowest BCUT2D eigenvalue weighted by Crippen LogP contribution is -2.49. The highest BCUT2D eigenvalue weighted by molar-refractivity contribution is 5.39. The van der Waals surface area contributed by atoms with Crippen LogP contribution in [0.2, 0.25) is 0 Å². The van der Waals surface area contributed by atoms with E-state index < -0.39 is 0 Å². The lowest BCUT2D eigenvalue weighted by Gasteiger charge is -2.48. The van der Waals surface area contributed by atoms with E-state index in [0.29, 0.717) is 12.1 Å². The van der Waals surface area contributed by atoms with Crippen LogP contribution in [0.15, 0.2) is 24.3 Å². The zero-order valence-corrected chi connectivity index (χ0v) is 13.8. The molecule has 4 heteroatoms. The topological polar surface area (TPSA) is 39.7 Å². The van der Waals surface area contributed by atoms with Crippen molar-refractivity contribution < 1.29 is 14.2 Å². The van der Waals surface area contributed by atoms with Crippen molar-refractivity contribution in [3.8, 4) is 5.75 Å². The monoisotopic (exact) mass is 317 g/mol. The third kappa shape index (κ3) is 3.39. The van der Waals surface area contributed by atoms with Crippen LogP contribution in [0.1, 0.15) is 50.1 Å². The van der Waals surface area contributed by atoms with E-state index in [2.05, 4.69) is 29.6 Å². The van der Waals surface area contributed by atoms with Crippen molar-refractivity contribution in [1.82, 2.24) is 5.32 Å². The maximum Gasteiger partial charge on any atom is 0.124 e. The zero-order valence-electron chi connectivity index (χ0n) is 13.8. The minimum absolute atomic E-state index is 0.101. The maximum atomic E-state index is 6.30. The van der Waals surface area contributed by atoms with Crippen LogP contribution in [0, 0.1) is 0 Å². The Kier molecular flexibility index (Phi) is 4.56. The highest BCUT2D eigenvalue weighted by Gasteiger charge is 2.45. The van der Waals surface area contributed by atoms with E-state index in [-0.39, 0.29) is 5.60 Å². The standard InChI is InChI=1S/C19H27NO3/c1-2-6-18-16(5-1)17(13-19(23-18)8-3-9-19)20-10-4-11-22-15-7-12-21-14-15/h1-2,5-6,15,17,20H,3-4,7-14H2. The minimum atomic E-state index is 0.101. The molecule has 0 radical (unpaired) electrons.